The molecule has 0 radical (unpaired) electrons. The fourth-order valence-electron chi connectivity index (χ4n) is 2.10. The number of nitrogens with two attached hydrogens (primary N) is 1. The van der Waals surface area contributed by atoms with E-state index in [1.807, 2.05) is 29.2 Å². The molecule has 6 heteroatoms. The third kappa shape index (κ3) is 2.42. The average molecular weight is 277 g/mol. The molecule has 2 N–H and O–H groups in total. The highest BCUT2D eigenvalue weighted by Gasteiger charge is 2.18. The summed E-state index contributed by atoms with van der Waals surface area (Å²) < 4.78 is 5.71. The van der Waals surface area contributed by atoms with Gasteiger partial charge in [0.25, 0.3) is 0 Å². The second-order valence-electron chi connectivity index (χ2n) is 4.28. The molecule has 1 aliphatic heterocycles. The van der Waals surface area contributed by atoms with Gasteiger partial charge in [0, 0.05) is 12.1 Å². The van der Waals surface area contributed by atoms with Gasteiger partial charge in [-0.25, -0.2) is 4.98 Å². The van der Waals surface area contributed by atoms with Crippen LogP contribution in [-0.2, 0) is 6.54 Å². The first-order chi connectivity index (χ1) is 9.24. The van der Waals surface area contributed by atoms with Crippen LogP contribution in [0.4, 0.5) is 11.8 Å². The zero-order valence-corrected chi connectivity index (χ0v) is 11.0. The number of rotatable bonds is 1. The van der Waals surface area contributed by atoms with Crippen LogP contribution in [0.5, 0.6) is 5.75 Å². The van der Waals surface area contributed by atoms with Crippen LogP contribution < -0.4 is 15.4 Å². The smallest absolute Gasteiger partial charge is 0.222 e. The molecule has 5 nitrogen and oxygen atoms in total. The van der Waals surface area contributed by atoms with Crippen molar-refractivity contribution in [2.24, 2.45) is 0 Å². The number of nitrogen functional groups attached to an aromatic ring is 1. The quantitative estimate of drug-likeness (QED) is 0.864. The van der Waals surface area contributed by atoms with Crippen molar-refractivity contribution in [3.05, 3.63) is 41.0 Å². The molecule has 98 valence electrons. The van der Waals surface area contributed by atoms with E-state index in [0.29, 0.717) is 30.5 Å². The molecule has 2 aromatic rings. The number of fused-ring (bicyclic) bond motifs is 1. The molecule has 1 aromatic heterocycles. The number of hydrogen-bond donors (Lipinski definition) is 1. The Hall–Kier alpha value is -2.01. The highest BCUT2D eigenvalue weighted by atomic mass is 35.5. The van der Waals surface area contributed by atoms with Gasteiger partial charge in [0.2, 0.25) is 5.95 Å². The molecule has 19 heavy (non-hydrogen) atoms. The topological polar surface area (TPSA) is 64.3 Å². The second-order valence-corrected chi connectivity index (χ2v) is 4.68. The molecular formula is C13H13ClN4O. The number of ether oxygens (including phenoxy) is 1. The van der Waals surface area contributed by atoms with Crippen molar-refractivity contribution in [3.8, 4) is 5.75 Å². The fourth-order valence-corrected chi connectivity index (χ4v) is 2.31. The summed E-state index contributed by atoms with van der Waals surface area (Å²) in [5, 5.41) is 0.494. The number of para-hydroxylation sites is 1. The highest BCUT2D eigenvalue weighted by Crippen LogP contribution is 2.29. The molecule has 2 heterocycles. The summed E-state index contributed by atoms with van der Waals surface area (Å²) in [6, 6.07) is 7.95. The lowest BCUT2D eigenvalue weighted by Gasteiger charge is -2.21. The Morgan fingerprint density at radius 2 is 2.16 bits per heavy atom. The first kappa shape index (κ1) is 12.0. The van der Waals surface area contributed by atoms with Crippen molar-refractivity contribution in [3.63, 3.8) is 0 Å². The van der Waals surface area contributed by atoms with Crippen molar-refractivity contribution in [2.45, 2.75) is 6.54 Å². The Morgan fingerprint density at radius 1 is 1.32 bits per heavy atom. The predicted molar refractivity (Wildman–Crippen MR) is 74.4 cm³/mol. The lowest BCUT2D eigenvalue weighted by atomic mass is 10.2. The standard InChI is InChI=1S/C13H13ClN4O/c14-10-7-16-13(15)17-12(10)18-5-6-19-11-4-2-1-3-9(11)8-18/h1-4,7H,5-6,8H2,(H2,15,16,17). The van der Waals surface area contributed by atoms with Crippen LogP contribution >= 0.6 is 11.6 Å². The summed E-state index contributed by atoms with van der Waals surface area (Å²) in [4.78, 5) is 10.1. The largest absolute Gasteiger partial charge is 0.491 e. The van der Waals surface area contributed by atoms with E-state index >= 15 is 0 Å². The fraction of sp³-hybridized carbons (Fsp3) is 0.231. The molecule has 0 saturated carbocycles. The lowest BCUT2D eigenvalue weighted by molar-refractivity contribution is 0.331. The van der Waals surface area contributed by atoms with E-state index in [1.165, 1.54) is 6.20 Å². The molecule has 0 saturated heterocycles. The molecule has 0 fully saturated rings. The minimum absolute atomic E-state index is 0.220. The van der Waals surface area contributed by atoms with Gasteiger partial charge in [0.05, 0.1) is 12.7 Å². The van der Waals surface area contributed by atoms with Crippen LogP contribution in [-0.4, -0.2) is 23.1 Å². The van der Waals surface area contributed by atoms with E-state index in [1.54, 1.807) is 0 Å². The molecule has 1 aromatic carbocycles. The maximum absolute atomic E-state index is 6.15. The summed E-state index contributed by atoms with van der Waals surface area (Å²) in [6.45, 7) is 1.97. The van der Waals surface area contributed by atoms with Crippen LogP contribution in [0.3, 0.4) is 0 Å². The number of aromatic nitrogens is 2. The molecule has 0 amide bonds. The van der Waals surface area contributed by atoms with Crippen molar-refractivity contribution < 1.29 is 4.74 Å². The van der Waals surface area contributed by atoms with Gasteiger partial charge in [-0.15, -0.1) is 0 Å². The lowest BCUT2D eigenvalue weighted by Crippen LogP contribution is -2.26. The van der Waals surface area contributed by atoms with Crippen molar-refractivity contribution in [1.29, 1.82) is 0 Å². The van der Waals surface area contributed by atoms with Gasteiger partial charge in [-0.2, -0.15) is 4.98 Å². The zero-order valence-electron chi connectivity index (χ0n) is 10.2. The van der Waals surface area contributed by atoms with Gasteiger partial charge >= 0.3 is 0 Å². The van der Waals surface area contributed by atoms with Gasteiger partial charge in [0.1, 0.15) is 17.4 Å². The normalized spacial score (nSPS) is 14.5. The van der Waals surface area contributed by atoms with Gasteiger partial charge in [0.15, 0.2) is 5.82 Å². The van der Waals surface area contributed by atoms with Crippen LogP contribution in [0.25, 0.3) is 0 Å². The minimum atomic E-state index is 0.220. The second kappa shape index (κ2) is 4.93. The number of anilines is 2. The summed E-state index contributed by atoms with van der Waals surface area (Å²) in [7, 11) is 0. The van der Waals surface area contributed by atoms with Crippen LogP contribution in [0.2, 0.25) is 5.02 Å². The molecule has 0 unspecified atom stereocenters. The molecular weight excluding hydrogens is 264 g/mol. The minimum Gasteiger partial charge on any atom is -0.491 e. The van der Waals surface area contributed by atoms with Gasteiger partial charge < -0.3 is 15.4 Å². The number of hydrogen-bond acceptors (Lipinski definition) is 5. The van der Waals surface area contributed by atoms with Crippen LogP contribution in [0.1, 0.15) is 5.56 Å². The Bertz CT molecular complexity index is 605. The SMILES string of the molecule is Nc1ncc(Cl)c(N2CCOc3ccccc3C2)n1. The van der Waals surface area contributed by atoms with Gasteiger partial charge in [-0.05, 0) is 6.07 Å². The number of benzene rings is 1. The van der Waals surface area contributed by atoms with E-state index < -0.39 is 0 Å². The molecule has 0 atom stereocenters. The predicted octanol–water partition coefficient (Wildman–Crippen LogP) is 2.11. The Morgan fingerprint density at radius 3 is 3.05 bits per heavy atom. The first-order valence-corrected chi connectivity index (χ1v) is 6.35. The van der Waals surface area contributed by atoms with Gasteiger partial charge in [-0.3, -0.25) is 0 Å². The highest BCUT2D eigenvalue weighted by molar-refractivity contribution is 6.32. The Kier molecular flexibility index (Phi) is 3.13. The Labute approximate surface area is 116 Å². The zero-order chi connectivity index (χ0) is 13.2. The summed E-state index contributed by atoms with van der Waals surface area (Å²) >= 11 is 6.15. The van der Waals surface area contributed by atoms with E-state index in [4.69, 9.17) is 22.1 Å². The summed E-state index contributed by atoms with van der Waals surface area (Å²) in [5.74, 6) is 1.77. The molecule has 3 rings (SSSR count). The molecule has 0 spiro atoms. The number of nitrogens with zero attached hydrogens (tertiary/aromatic N) is 3. The van der Waals surface area contributed by atoms with Crippen LogP contribution in [0, 0.1) is 0 Å². The van der Waals surface area contributed by atoms with Crippen molar-refractivity contribution in [2.75, 3.05) is 23.8 Å². The van der Waals surface area contributed by atoms with E-state index in [2.05, 4.69) is 9.97 Å². The third-order valence-electron chi connectivity index (χ3n) is 3.00. The maximum Gasteiger partial charge on any atom is 0.222 e. The molecule has 1 aliphatic rings. The van der Waals surface area contributed by atoms with Crippen molar-refractivity contribution in [1.82, 2.24) is 9.97 Å². The Balaban J connectivity index is 1.96. The van der Waals surface area contributed by atoms with Crippen LogP contribution in [0.15, 0.2) is 30.5 Å². The average Bonchev–Trinajstić information content (AvgIpc) is 2.63. The monoisotopic (exact) mass is 276 g/mol. The molecule has 0 aliphatic carbocycles. The molecule has 0 bridgehead atoms. The van der Waals surface area contributed by atoms with Crippen molar-refractivity contribution >= 4 is 23.4 Å². The summed E-state index contributed by atoms with van der Waals surface area (Å²) in [6.07, 6.45) is 1.52. The number of halogens is 1. The van der Waals surface area contributed by atoms with Gasteiger partial charge in [-0.1, -0.05) is 29.8 Å². The summed E-state index contributed by atoms with van der Waals surface area (Å²) in [5.41, 5.74) is 6.73. The van der Waals surface area contributed by atoms with E-state index in [0.717, 1.165) is 11.3 Å². The third-order valence-corrected chi connectivity index (χ3v) is 3.26. The van der Waals surface area contributed by atoms with E-state index in [9.17, 15) is 0 Å². The maximum atomic E-state index is 6.15. The first-order valence-electron chi connectivity index (χ1n) is 5.98. The van der Waals surface area contributed by atoms with E-state index in [-0.39, 0.29) is 5.95 Å².